The molecule has 11 rings (SSSR count). The summed E-state index contributed by atoms with van der Waals surface area (Å²) in [6.45, 7) is 0. The molecule has 0 N–H and O–H groups in total. The fraction of sp³-hybridized carbons (Fsp3) is 0.0204. The van der Waals surface area contributed by atoms with Crippen LogP contribution in [0.1, 0.15) is 22.3 Å². The molecule has 3 nitrogen and oxygen atoms in total. The third-order valence-corrected chi connectivity index (χ3v) is 12.1. The standard InChI is InChI=1S/C49H31N2OS/c1-3-11-32(12-4-1)33-19-21-35(22-20-33)44-31-51(30-43(50-44)34-13-5-2-6-14-34)36-23-24-37-42(29-36)49(41-25-26-45-38(48(37)41)27-28-52-45)39-15-7-9-17-46(39)53-47-18-10-8-16-40(47)49/h1-31H/q+1. The number of nitrogens with zero attached hydrogens (tertiary/aromatic N) is 2. The van der Waals surface area contributed by atoms with E-state index in [1.165, 1.54) is 54.3 Å². The van der Waals surface area contributed by atoms with Crippen molar-refractivity contribution in [3.8, 4) is 50.5 Å². The molecule has 1 spiro atoms. The molecule has 1 aliphatic carbocycles. The van der Waals surface area contributed by atoms with E-state index in [1.54, 1.807) is 0 Å². The minimum atomic E-state index is -0.503. The van der Waals surface area contributed by atoms with Crippen molar-refractivity contribution in [2.24, 2.45) is 0 Å². The summed E-state index contributed by atoms with van der Waals surface area (Å²) in [6, 6.07) is 61.2. The van der Waals surface area contributed by atoms with Crippen molar-refractivity contribution in [2.45, 2.75) is 15.2 Å². The molecule has 53 heavy (non-hydrogen) atoms. The third-order valence-electron chi connectivity index (χ3n) is 10.9. The summed E-state index contributed by atoms with van der Waals surface area (Å²) in [7, 11) is 0. The number of aromatic nitrogens is 2. The van der Waals surface area contributed by atoms with E-state index in [4.69, 9.17) is 9.40 Å². The van der Waals surface area contributed by atoms with Crippen molar-refractivity contribution in [3.63, 3.8) is 0 Å². The van der Waals surface area contributed by atoms with Crippen LogP contribution in [0.15, 0.2) is 203 Å². The molecule has 3 heterocycles. The van der Waals surface area contributed by atoms with Crippen LogP contribution >= 0.6 is 11.8 Å². The van der Waals surface area contributed by atoms with Gasteiger partial charge in [-0.3, -0.25) is 0 Å². The molecule has 9 aromatic rings. The lowest BCUT2D eigenvalue weighted by Crippen LogP contribution is -2.34. The van der Waals surface area contributed by atoms with Crippen LogP contribution in [0.25, 0.3) is 61.4 Å². The first-order valence-corrected chi connectivity index (χ1v) is 18.7. The van der Waals surface area contributed by atoms with Crippen molar-refractivity contribution in [2.75, 3.05) is 0 Å². The Hall–Kier alpha value is -6.49. The highest BCUT2D eigenvalue weighted by Crippen LogP contribution is 2.63. The molecule has 0 saturated carbocycles. The molecule has 0 fully saturated rings. The van der Waals surface area contributed by atoms with Gasteiger partial charge in [0.25, 0.3) is 0 Å². The van der Waals surface area contributed by atoms with Crippen LogP contribution in [-0.2, 0) is 5.41 Å². The van der Waals surface area contributed by atoms with Gasteiger partial charge in [0, 0.05) is 38.4 Å². The molecule has 7 aromatic carbocycles. The molecule has 0 atom stereocenters. The van der Waals surface area contributed by atoms with Crippen LogP contribution in [0.2, 0.25) is 0 Å². The van der Waals surface area contributed by atoms with Crippen LogP contribution in [0.4, 0.5) is 0 Å². The summed E-state index contributed by atoms with van der Waals surface area (Å²) in [5, 5.41) is 1.14. The first kappa shape index (κ1) is 30.2. The highest BCUT2D eigenvalue weighted by molar-refractivity contribution is 7.99. The maximum absolute atomic E-state index is 5.99. The first-order chi connectivity index (χ1) is 26.3. The van der Waals surface area contributed by atoms with E-state index < -0.39 is 5.41 Å². The molecule has 0 radical (unpaired) electrons. The SMILES string of the molecule is c1ccc(-c2ccc(-c3c[n+](-c4ccc5c(c4)C4(c6ccccc6Sc6ccccc64)c4ccc6occc6c4-5)cc(-c4ccccc4)n3)cc2)cc1. The van der Waals surface area contributed by atoms with Gasteiger partial charge >= 0.3 is 0 Å². The number of benzene rings is 7. The van der Waals surface area contributed by atoms with Crippen molar-refractivity contribution in [1.82, 2.24) is 4.98 Å². The summed E-state index contributed by atoms with van der Waals surface area (Å²) in [4.78, 5) is 7.81. The van der Waals surface area contributed by atoms with Gasteiger partial charge in [0.2, 0.25) is 18.1 Å². The van der Waals surface area contributed by atoms with E-state index in [0.29, 0.717) is 0 Å². The number of hydrogen-bond acceptors (Lipinski definition) is 3. The topological polar surface area (TPSA) is 29.9 Å². The molecule has 0 bridgehead atoms. The van der Waals surface area contributed by atoms with Gasteiger partial charge in [0.1, 0.15) is 17.0 Å². The van der Waals surface area contributed by atoms with E-state index in [9.17, 15) is 0 Å². The van der Waals surface area contributed by atoms with E-state index in [-0.39, 0.29) is 0 Å². The van der Waals surface area contributed by atoms with Gasteiger partial charge in [-0.15, -0.1) is 0 Å². The average molecular weight is 696 g/mol. The summed E-state index contributed by atoms with van der Waals surface area (Å²) >= 11 is 1.87. The molecule has 2 aromatic heterocycles. The molecule has 1 aliphatic heterocycles. The smallest absolute Gasteiger partial charge is 0.211 e. The zero-order valence-corrected chi connectivity index (χ0v) is 29.4. The summed E-state index contributed by atoms with van der Waals surface area (Å²) in [5.74, 6) is 0. The molecule has 0 amide bonds. The Morgan fingerprint density at radius 2 is 1.08 bits per heavy atom. The van der Waals surface area contributed by atoms with Crippen LogP contribution in [-0.4, -0.2) is 4.98 Å². The van der Waals surface area contributed by atoms with E-state index in [2.05, 4.69) is 187 Å². The molecule has 248 valence electrons. The normalized spacial score (nSPS) is 13.4. The first-order valence-electron chi connectivity index (χ1n) is 17.9. The van der Waals surface area contributed by atoms with Gasteiger partial charge in [0.05, 0.1) is 11.7 Å². The van der Waals surface area contributed by atoms with Gasteiger partial charge in [0.15, 0.2) is 0 Å². The second-order valence-corrected chi connectivity index (χ2v) is 14.8. The minimum Gasteiger partial charge on any atom is -0.464 e. The fourth-order valence-electron chi connectivity index (χ4n) is 8.58. The van der Waals surface area contributed by atoms with Crippen molar-refractivity contribution >= 4 is 22.7 Å². The zero-order chi connectivity index (χ0) is 34.9. The number of furan rings is 1. The lowest BCUT2D eigenvalue weighted by Gasteiger charge is -2.39. The summed E-state index contributed by atoms with van der Waals surface area (Å²) < 4.78 is 8.25. The number of hydrogen-bond donors (Lipinski definition) is 0. The van der Waals surface area contributed by atoms with Crippen LogP contribution < -0.4 is 4.57 Å². The van der Waals surface area contributed by atoms with Crippen LogP contribution in [0.3, 0.4) is 0 Å². The summed E-state index contributed by atoms with van der Waals surface area (Å²) in [6.07, 6.45) is 6.16. The highest BCUT2D eigenvalue weighted by atomic mass is 32.2. The Morgan fingerprint density at radius 3 is 1.77 bits per heavy atom. The van der Waals surface area contributed by atoms with Crippen LogP contribution in [0, 0.1) is 0 Å². The van der Waals surface area contributed by atoms with Gasteiger partial charge in [-0.2, -0.15) is 4.57 Å². The van der Waals surface area contributed by atoms with Gasteiger partial charge in [-0.1, -0.05) is 139 Å². The van der Waals surface area contributed by atoms with Crippen molar-refractivity contribution in [3.05, 3.63) is 211 Å². The van der Waals surface area contributed by atoms with Gasteiger partial charge < -0.3 is 4.42 Å². The Labute approximate surface area is 311 Å². The minimum absolute atomic E-state index is 0.503. The number of fused-ring (bicyclic) bond motifs is 11. The second kappa shape index (κ2) is 11.8. The Bertz CT molecular complexity index is 2810. The summed E-state index contributed by atoms with van der Waals surface area (Å²) in [5.41, 5.74) is 15.5. The largest absolute Gasteiger partial charge is 0.464 e. The number of rotatable bonds is 4. The lowest BCUT2D eigenvalue weighted by molar-refractivity contribution is -0.595. The van der Waals surface area contributed by atoms with E-state index >= 15 is 0 Å². The highest BCUT2D eigenvalue weighted by Gasteiger charge is 2.51. The molecular weight excluding hydrogens is 665 g/mol. The monoisotopic (exact) mass is 695 g/mol. The van der Waals surface area contributed by atoms with Gasteiger partial charge in [-0.25, -0.2) is 4.98 Å². The Morgan fingerprint density at radius 1 is 0.491 bits per heavy atom. The molecule has 0 saturated heterocycles. The zero-order valence-electron chi connectivity index (χ0n) is 28.6. The average Bonchev–Trinajstić information content (AvgIpc) is 3.83. The maximum Gasteiger partial charge on any atom is 0.211 e. The second-order valence-electron chi connectivity index (χ2n) is 13.8. The van der Waals surface area contributed by atoms with E-state index in [0.717, 1.165) is 39.2 Å². The quantitative estimate of drug-likeness (QED) is 0.172. The molecule has 4 heteroatoms. The Balaban J connectivity index is 1.16. The van der Waals surface area contributed by atoms with E-state index in [1.807, 2.05) is 18.0 Å². The molecular formula is C49H31N2OS+. The van der Waals surface area contributed by atoms with Crippen LogP contribution in [0.5, 0.6) is 0 Å². The maximum atomic E-state index is 5.99. The fourth-order valence-corrected chi connectivity index (χ4v) is 9.77. The molecule has 0 unspecified atom stereocenters. The predicted octanol–water partition coefficient (Wildman–Crippen LogP) is 11.9. The van der Waals surface area contributed by atoms with Gasteiger partial charge in [-0.05, 0) is 74.8 Å². The van der Waals surface area contributed by atoms with Crippen molar-refractivity contribution in [1.29, 1.82) is 0 Å². The van der Waals surface area contributed by atoms with Crippen molar-refractivity contribution < 1.29 is 8.98 Å². The molecule has 2 aliphatic rings. The third kappa shape index (κ3) is 4.56. The predicted molar refractivity (Wildman–Crippen MR) is 213 cm³/mol. The lowest BCUT2D eigenvalue weighted by atomic mass is 9.67. The Kier molecular flexibility index (Phi) is 6.70.